The highest BCUT2D eigenvalue weighted by Crippen LogP contribution is 2.28. The van der Waals surface area contributed by atoms with E-state index in [4.69, 9.17) is 56.2 Å². The minimum absolute atomic E-state index is 0.278. The number of halogens is 4. The second-order valence-corrected chi connectivity index (χ2v) is 7.74. The van der Waals surface area contributed by atoms with E-state index in [9.17, 15) is 9.59 Å². The highest BCUT2D eigenvalue weighted by molar-refractivity contribution is 6.67. The van der Waals surface area contributed by atoms with Crippen LogP contribution < -0.4 is 11.1 Å². The van der Waals surface area contributed by atoms with Gasteiger partial charge in [-0.3, -0.25) is 4.79 Å². The summed E-state index contributed by atoms with van der Waals surface area (Å²) in [5, 5.41) is 11.2. The highest BCUT2D eigenvalue weighted by atomic mass is 35.6. The molecular weight excluding hydrogens is 414 g/mol. The number of aryl methyl sites for hydroxylation is 1. The number of para-hydroxylation sites is 1. The van der Waals surface area contributed by atoms with Crippen molar-refractivity contribution in [3.8, 4) is 0 Å². The normalized spacial score (nSPS) is 11.8. The number of carboxylic acid groups (broad SMARTS) is 1. The van der Waals surface area contributed by atoms with E-state index in [-0.39, 0.29) is 13.2 Å². The van der Waals surface area contributed by atoms with E-state index in [0.717, 1.165) is 17.7 Å². The van der Waals surface area contributed by atoms with E-state index in [1.54, 1.807) is 13.0 Å². The summed E-state index contributed by atoms with van der Waals surface area (Å²) in [6.45, 7) is 3.08. The van der Waals surface area contributed by atoms with Crippen LogP contribution >= 0.6 is 46.4 Å². The lowest BCUT2D eigenvalue weighted by Crippen LogP contribution is -2.31. The number of anilines is 1. The fourth-order valence-electron chi connectivity index (χ4n) is 1.58. The van der Waals surface area contributed by atoms with Gasteiger partial charge in [0, 0.05) is 0 Å². The molecular formula is C15H20Cl4N2O4. The lowest BCUT2D eigenvalue weighted by Gasteiger charge is -2.19. The van der Waals surface area contributed by atoms with Crippen LogP contribution in [0, 0.1) is 0 Å². The lowest BCUT2D eigenvalue weighted by molar-refractivity contribution is -0.144. The molecule has 1 aromatic rings. The number of rotatable bonds is 6. The number of alkyl halides is 3. The molecule has 6 nitrogen and oxygen atoms in total. The second kappa shape index (κ2) is 11.6. The van der Waals surface area contributed by atoms with Gasteiger partial charge >= 0.3 is 11.9 Å². The highest BCUT2D eigenvalue weighted by Gasteiger charge is 2.24. The van der Waals surface area contributed by atoms with Crippen molar-refractivity contribution in [1.29, 1.82) is 0 Å². The van der Waals surface area contributed by atoms with Crippen LogP contribution in [0.4, 0.5) is 5.69 Å². The fraction of sp³-hybridized carbons (Fsp3) is 0.467. The molecule has 0 spiro atoms. The largest absolute Gasteiger partial charge is 0.480 e. The topological polar surface area (TPSA) is 102 Å². The number of carbonyl (C=O) groups is 2. The molecule has 0 unspecified atom stereocenters. The van der Waals surface area contributed by atoms with Crippen molar-refractivity contribution in [2.24, 2.45) is 5.73 Å². The van der Waals surface area contributed by atoms with Crippen LogP contribution in [0.15, 0.2) is 18.2 Å². The van der Waals surface area contributed by atoms with Crippen LogP contribution in [0.25, 0.3) is 0 Å². The second-order valence-electron chi connectivity index (χ2n) is 4.81. The Morgan fingerprint density at radius 3 is 2.36 bits per heavy atom. The van der Waals surface area contributed by atoms with Gasteiger partial charge in [-0.1, -0.05) is 65.5 Å². The summed E-state index contributed by atoms with van der Waals surface area (Å²) in [6, 6.07) is 4.95. The molecule has 0 fully saturated rings. The Hall–Kier alpha value is -0.920. The molecule has 0 heterocycles. The summed E-state index contributed by atoms with van der Waals surface area (Å²) in [6.07, 6.45) is 0.790. The summed E-state index contributed by atoms with van der Waals surface area (Å²) in [5.74, 6) is -1.48. The van der Waals surface area contributed by atoms with Crippen LogP contribution in [0.1, 0.15) is 19.4 Å². The van der Waals surface area contributed by atoms with E-state index >= 15 is 0 Å². The number of hydrogen-bond donors (Lipinski definition) is 3. The minimum Gasteiger partial charge on any atom is -0.480 e. The van der Waals surface area contributed by atoms with Crippen molar-refractivity contribution in [2.75, 3.05) is 18.5 Å². The number of aliphatic carboxylic acids is 1. The SMILES string of the molecule is CCc1cccc(Cl)c1N[C@@H](C)C(=O)OCC(Cl)(Cl)Cl.NCC(=O)O. The van der Waals surface area contributed by atoms with E-state index in [0.29, 0.717) is 5.02 Å². The third kappa shape index (κ3) is 10.6. The van der Waals surface area contributed by atoms with Crippen LogP contribution in [0.2, 0.25) is 5.02 Å². The zero-order valence-electron chi connectivity index (χ0n) is 13.7. The monoisotopic (exact) mass is 432 g/mol. The molecule has 4 N–H and O–H groups in total. The van der Waals surface area contributed by atoms with Gasteiger partial charge in [0.2, 0.25) is 3.79 Å². The third-order valence-corrected chi connectivity index (χ3v) is 3.39. The zero-order valence-corrected chi connectivity index (χ0v) is 16.7. The Balaban J connectivity index is 0.00000101. The maximum atomic E-state index is 11.8. The Kier molecular flexibility index (Phi) is 11.2. The van der Waals surface area contributed by atoms with Crippen LogP contribution in [0.3, 0.4) is 0 Å². The smallest absolute Gasteiger partial charge is 0.328 e. The molecule has 0 amide bonds. The van der Waals surface area contributed by atoms with Crippen LogP contribution in [0.5, 0.6) is 0 Å². The maximum absolute atomic E-state index is 11.8. The first-order valence-corrected chi connectivity index (χ1v) is 8.72. The van der Waals surface area contributed by atoms with Gasteiger partial charge in [0.15, 0.2) is 0 Å². The standard InChI is InChI=1S/C13H15Cl4NO2.C2H5NO2/c1-3-9-5-4-6-10(14)11(9)18-8(2)12(19)20-7-13(15,16)17;3-1-2(4)5/h4-6,8,18H,3,7H2,1-2H3;1,3H2,(H,4,5)/t8-;/m0./s1. The number of benzene rings is 1. The summed E-state index contributed by atoms with van der Waals surface area (Å²) < 4.78 is 3.30. The number of carbonyl (C=O) groups excluding carboxylic acids is 1. The van der Waals surface area contributed by atoms with E-state index in [1.165, 1.54) is 0 Å². The van der Waals surface area contributed by atoms with Gasteiger partial charge in [-0.15, -0.1) is 0 Å². The molecule has 25 heavy (non-hydrogen) atoms. The lowest BCUT2D eigenvalue weighted by atomic mass is 10.1. The summed E-state index contributed by atoms with van der Waals surface area (Å²) in [7, 11) is 0. The predicted molar refractivity (Wildman–Crippen MR) is 102 cm³/mol. The zero-order chi connectivity index (χ0) is 19.6. The van der Waals surface area contributed by atoms with Crippen LogP contribution in [-0.2, 0) is 20.7 Å². The molecule has 1 aromatic carbocycles. The molecule has 0 bridgehead atoms. The summed E-state index contributed by atoms with van der Waals surface area (Å²) >= 11 is 22.7. The first-order chi connectivity index (χ1) is 11.5. The number of nitrogens with one attached hydrogen (secondary N) is 1. The molecule has 0 aromatic heterocycles. The first-order valence-electron chi connectivity index (χ1n) is 7.21. The van der Waals surface area contributed by atoms with Crippen molar-refractivity contribution in [1.82, 2.24) is 0 Å². The van der Waals surface area contributed by atoms with E-state index < -0.39 is 21.8 Å². The van der Waals surface area contributed by atoms with Gasteiger partial charge in [0.1, 0.15) is 12.6 Å². The number of ether oxygens (including phenoxy) is 1. The molecule has 0 aliphatic carbocycles. The Labute approximate surface area is 166 Å². The molecule has 0 saturated heterocycles. The van der Waals surface area contributed by atoms with Crippen molar-refractivity contribution < 1.29 is 19.4 Å². The van der Waals surface area contributed by atoms with Crippen molar-refractivity contribution in [3.05, 3.63) is 28.8 Å². The first kappa shape index (κ1) is 24.1. The van der Waals surface area contributed by atoms with Gasteiger partial charge in [-0.2, -0.15) is 0 Å². The average Bonchev–Trinajstić information content (AvgIpc) is 2.54. The molecule has 142 valence electrons. The molecule has 1 rings (SSSR count). The molecule has 0 aliphatic heterocycles. The molecule has 10 heteroatoms. The molecule has 0 aliphatic rings. The number of carboxylic acids is 1. The van der Waals surface area contributed by atoms with Crippen molar-refractivity contribution in [3.63, 3.8) is 0 Å². The number of esters is 1. The maximum Gasteiger partial charge on any atom is 0.328 e. The van der Waals surface area contributed by atoms with E-state index in [2.05, 4.69) is 11.1 Å². The summed E-state index contributed by atoms with van der Waals surface area (Å²) in [4.78, 5) is 21.0. The molecule has 1 atom stereocenters. The fourth-order valence-corrected chi connectivity index (χ4v) is 1.99. The third-order valence-electron chi connectivity index (χ3n) is 2.75. The minimum atomic E-state index is -1.62. The quantitative estimate of drug-likeness (QED) is 0.467. The molecule has 0 saturated carbocycles. The van der Waals surface area contributed by atoms with Gasteiger partial charge in [-0.25, -0.2) is 4.79 Å². The predicted octanol–water partition coefficient (Wildman–Crippen LogP) is 3.65. The van der Waals surface area contributed by atoms with Crippen molar-refractivity contribution in [2.45, 2.75) is 30.1 Å². The Morgan fingerprint density at radius 1 is 1.36 bits per heavy atom. The van der Waals surface area contributed by atoms with Crippen LogP contribution in [-0.4, -0.2) is 40.0 Å². The van der Waals surface area contributed by atoms with Gasteiger partial charge in [0.05, 0.1) is 17.3 Å². The Morgan fingerprint density at radius 2 is 1.92 bits per heavy atom. The van der Waals surface area contributed by atoms with Gasteiger partial charge in [0.25, 0.3) is 0 Å². The van der Waals surface area contributed by atoms with Gasteiger partial charge in [-0.05, 0) is 25.0 Å². The van der Waals surface area contributed by atoms with Crippen molar-refractivity contribution >= 4 is 64.0 Å². The average molecular weight is 434 g/mol. The number of hydrogen-bond acceptors (Lipinski definition) is 5. The van der Waals surface area contributed by atoms with E-state index in [1.807, 2.05) is 19.1 Å². The molecule has 0 radical (unpaired) electrons. The van der Waals surface area contributed by atoms with Gasteiger partial charge < -0.3 is 20.9 Å². The summed E-state index contributed by atoms with van der Waals surface area (Å²) in [5.41, 5.74) is 6.30. The number of nitrogens with two attached hydrogens (primary N) is 1. The Bertz CT molecular complexity index is 579.